The number of carbonyl (C=O) groups is 1. The molecule has 0 aromatic heterocycles. The molecule has 0 fully saturated rings. The monoisotopic (exact) mass is 348 g/mol. The molecule has 0 saturated carbocycles. The highest BCUT2D eigenvalue weighted by molar-refractivity contribution is 6.08. The Morgan fingerprint density at radius 3 is 2.77 bits per heavy atom. The molecular formula is C21H20N2O3. The molecule has 3 aromatic rings. The van der Waals surface area contributed by atoms with Crippen LogP contribution in [0.15, 0.2) is 65.8 Å². The second kappa shape index (κ2) is 8.16. The molecule has 3 rings (SSSR count). The van der Waals surface area contributed by atoms with Gasteiger partial charge in [-0.2, -0.15) is 0 Å². The molecule has 5 heteroatoms. The minimum absolute atomic E-state index is 0.341. The van der Waals surface area contributed by atoms with Crippen molar-refractivity contribution in [2.24, 2.45) is 10.9 Å². The van der Waals surface area contributed by atoms with Crippen molar-refractivity contribution >= 4 is 22.9 Å². The van der Waals surface area contributed by atoms with Gasteiger partial charge in [-0.05, 0) is 34.0 Å². The summed E-state index contributed by atoms with van der Waals surface area (Å²) in [5, 5.41) is 5.81. The zero-order valence-electron chi connectivity index (χ0n) is 14.5. The summed E-state index contributed by atoms with van der Waals surface area (Å²) in [7, 11) is 1.62. The van der Waals surface area contributed by atoms with Crippen LogP contribution in [-0.2, 0) is 17.9 Å². The SMILES string of the molecule is COc1cccc(CON=CCc2ccc3ccccc3c2C(N)=O)c1. The molecule has 0 saturated heterocycles. The molecule has 0 spiro atoms. The standard InChI is InChI=1S/C21H20N2O3/c1-25-18-7-4-5-15(13-18)14-26-23-12-11-17-10-9-16-6-2-3-8-19(16)20(17)21(22)24/h2-10,12-13H,11,14H2,1H3,(H2,22,24). The second-order valence-corrected chi connectivity index (χ2v) is 5.80. The summed E-state index contributed by atoms with van der Waals surface area (Å²) in [6.45, 7) is 0.341. The molecule has 0 aliphatic carbocycles. The maximum absolute atomic E-state index is 11.9. The molecule has 0 aliphatic rings. The predicted molar refractivity (Wildman–Crippen MR) is 102 cm³/mol. The Balaban J connectivity index is 1.68. The van der Waals surface area contributed by atoms with Gasteiger partial charge in [0.25, 0.3) is 0 Å². The molecule has 0 radical (unpaired) electrons. The number of fused-ring (bicyclic) bond motifs is 1. The summed E-state index contributed by atoms with van der Waals surface area (Å²) >= 11 is 0. The first-order valence-electron chi connectivity index (χ1n) is 8.26. The maximum atomic E-state index is 11.9. The highest BCUT2D eigenvalue weighted by Crippen LogP contribution is 2.22. The number of amides is 1. The number of rotatable bonds is 7. The van der Waals surface area contributed by atoms with Crippen LogP contribution in [0.25, 0.3) is 10.8 Å². The Bertz CT molecular complexity index is 951. The lowest BCUT2D eigenvalue weighted by atomic mass is 9.97. The number of hydrogen-bond donors (Lipinski definition) is 1. The van der Waals surface area contributed by atoms with Crippen molar-refractivity contribution in [3.63, 3.8) is 0 Å². The van der Waals surface area contributed by atoms with Crippen LogP contribution in [0, 0.1) is 0 Å². The molecule has 0 unspecified atom stereocenters. The van der Waals surface area contributed by atoms with Crippen molar-refractivity contribution in [3.8, 4) is 5.75 Å². The first-order chi connectivity index (χ1) is 12.7. The molecule has 0 aliphatic heterocycles. The Kier molecular flexibility index (Phi) is 5.49. The average molecular weight is 348 g/mol. The van der Waals surface area contributed by atoms with Crippen molar-refractivity contribution < 1.29 is 14.4 Å². The lowest BCUT2D eigenvalue weighted by molar-refractivity contribution is 0.100. The number of nitrogens with two attached hydrogens (primary N) is 1. The molecule has 1 amide bonds. The molecule has 3 aromatic carbocycles. The van der Waals surface area contributed by atoms with Crippen LogP contribution in [-0.4, -0.2) is 19.2 Å². The molecule has 5 nitrogen and oxygen atoms in total. The third-order valence-corrected chi connectivity index (χ3v) is 4.09. The average Bonchev–Trinajstić information content (AvgIpc) is 2.67. The first kappa shape index (κ1) is 17.5. The van der Waals surface area contributed by atoms with Gasteiger partial charge in [-0.15, -0.1) is 0 Å². The van der Waals surface area contributed by atoms with E-state index in [1.807, 2.05) is 60.7 Å². The lowest BCUT2D eigenvalue weighted by Gasteiger charge is -2.08. The van der Waals surface area contributed by atoms with Crippen LogP contribution in [0.5, 0.6) is 5.75 Å². The first-order valence-corrected chi connectivity index (χ1v) is 8.26. The Morgan fingerprint density at radius 1 is 1.12 bits per heavy atom. The van der Waals surface area contributed by atoms with Gasteiger partial charge < -0.3 is 15.3 Å². The van der Waals surface area contributed by atoms with Gasteiger partial charge in [0.2, 0.25) is 5.91 Å². The van der Waals surface area contributed by atoms with Crippen molar-refractivity contribution in [2.75, 3.05) is 7.11 Å². The van der Waals surface area contributed by atoms with E-state index in [1.54, 1.807) is 13.3 Å². The van der Waals surface area contributed by atoms with E-state index in [-0.39, 0.29) is 0 Å². The van der Waals surface area contributed by atoms with E-state index in [1.165, 1.54) is 0 Å². The molecule has 132 valence electrons. The molecule has 0 bridgehead atoms. The Hall–Kier alpha value is -3.34. The van der Waals surface area contributed by atoms with E-state index in [4.69, 9.17) is 15.3 Å². The van der Waals surface area contributed by atoms with Crippen molar-refractivity contribution in [1.29, 1.82) is 0 Å². The Morgan fingerprint density at radius 2 is 1.96 bits per heavy atom. The van der Waals surface area contributed by atoms with Crippen LogP contribution in [0.2, 0.25) is 0 Å². The summed E-state index contributed by atoms with van der Waals surface area (Å²) in [6, 6.07) is 19.2. The van der Waals surface area contributed by atoms with Gasteiger partial charge in [0.1, 0.15) is 12.4 Å². The van der Waals surface area contributed by atoms with E-state index in [0.717, 1.165) is 27.6 Å². The minimum atomic E-state index is -0.442. The number of methoxy groups -OCH3 is 1. The normalized spacial score (nSPS) is 11.0. The smallest absolute Gasteiger partial charge is 0.249 e. The van der Waals surface area contributed by atoms with Crippen LogP contribution in [0.1, 0.15) is 21.5 Å². The summed E-state index contributed by atoms with van der Waals surface area (Å²) in [5.74, 6) is 0.333. The summed E-state index contributed by atoms with van der Waals surface area (Å²) in [6.07, 6.45) is 2.10. The number of benzene rings is 3. The number of oxime groups is 1. The number of hydrogen-bond acceptors (Lipinski definition) is 4. The van der Waals surface area contributed by atoms with E-state index in [9.17, 15) is 4.79 Å². The zero-order chi connectivity index (χ0) is 18.4. The Labute approximate surface area is 152 Å². The molecule has 0 heterocycles. The largest absolute Gasteiger partial charge is 0.497 e. The zero-order valence-corrected chi connectivity index (χ0v) is 14.5. The van der Waals surface area contributed by atoms with Crippen molar-refractivity contribution in [2.45, 2.75) is 13.0 Å². The van der Waals surface area contributed by atoms with Gasteiger partial charge in [-0.25, -0.2) is 0 Å². The third kappa shape index (κ3) is 4.00. The predicted octanol–water partition coefficient (Wildman–Crippen LogP) is 3.69. The van der Waals surface area contributed by atoms with Gasteiger partial charge in [-0.1, -0.05) is 53.7 Å². The van der Waals surface area contributed by atoms with Gasteiger partial charge in [0.05, 0.1) is 12.7 Å². The van der Waals surface area contributed by atoms with Crippen LogP contribution in [0.4, 0.5) is 0 Å². The quantitative estimate of drug-likeness (QED) is 0.523. The number of primary amides is 1. The molecule has 0 atom stereocenters. The summed E-state index contributed by atoms with van der Waals surface area (Å²) in [5.41, 5.74) is 7.90. The lowest BCUT2D eigenvalue weighted by Crippen LogP contribution is -2.14. The molecule has 2 N–H and O–H groups in total. The molecule has 26 heavy (non-hydrogen) atoms. The van der Waals surface area contributed by atoms with Crippen LogP contribution < -0.4 is 10.5 Å². The van der Waals surface area contributed by atoms with Crippen LogP contribution >= 0.6 is 0 Å². The highest BCUT2D eigenvalue weighted by Gasteiger charge is 2.11. The van der Waals surface area contributed by atoms with Crippen molar-refractivity contribution in [1.82, 2.24) is 0 Å². The number of nitrogens with zero attached hydrogens (tertiary/aromatic N) is 1. The number of carbonyl (C=O) groups excluding carboxylic acids is 1. The fourth-order valence-corrected chi connectivity index (χ4v) is 2.84. The summed E-state index contributed by atoms with van der Waals surface area (Å²) < 4.78 is 5.17. The number of ether oxygens (including phenoxy) is 1. The van der Waals surface area contributed by atoms with Gasteiger partial charge in [0, 0.05) is 12.6 Å². The highest BCUT2D eigenvalue weighted by atomic mass is 16.6. The van der Waals surface area contributed by atoms with E-state index >= 15 is 0 Å². The molecular weight excluding hydrogens is 328 g/mol. The van der Waals surface area contributed by atoms with E-state index in [0.29, 0.717) is 18.6 Å². The fraction of sp³-hybridized carbons (Fsp3) is 0.143. The third-order valence-electron chi connectivity index (χ3n) is 4.09. The van der Waals surface area contributed by atoms with E-state index < -0.39 is 5.91 Å². The minimum Gasteiger partial charge on any atom is -0.497 e. The van der Waals surface area contributed by atoms with Crippen LogP contribution in [0.3, 0.4) is 0 Å². The maximum Gasteiger partial charge on any atom is 0.249 e. The fourth-order valence-electron chi connectivity index (χ4n) is 2.84. The topological polar surface area (TPSA) is 73.9 Å². The summed E-state index contributed by atoms with van der Waals surface area (Å²) in [4.78, 5) is 17.2. The van der Waals surface area contributed by atoms with Gasteiger partial charge >= 0.3 is 0 Å². The van der Waals surface area contributed by atoms with Gasteiger partial charge in [0.15, 0.2) is 0 Å². The van der Waals surface area contributed by atoms with Crippen molar-refractivity contribution in [3.05, 3.63) is 77.4 Å². The van der Waals surface area contributed by atoms with E-state index in [2.05, 4.69) is 5.16 Å². The second-order valence-electron chi connectivity index (χ2n) is 5.80. The van der Waals surface area contributed by atoms with Gasteiger partial charge in [-0.3, -0.25) is 4.79 Å².